The number of aliphatic carboxylic acids is 2. The molecule has 0 aliphatic carbocycles. The average molecular weight is 1040 g/mol. The van der Waals surface area contributed by atoms with E-state index in [2.05, 4.69) is 156 Å². The second kappa shape index (κ2) is 28.5. The number of aryl methyl sites for hydroxylation is 4. The van der Waals surface area contributed by atoms with Crippen LogP contribution in [0.15, 0.2) is 82.8 Å². The maximum atomic E-state index is 8.89. The zero-order valence-corrected chi connectivity index (χ0v) is 43.0. The third-order valence-corrected chi connectivity index (χ3v) is 16.1. The number of hydrogen-bond donors (Lipinski definition) is 0. The summed E-state index contributed by atoms with van der Waals surface area (Å²) in [6.45, 7) is 30.6. The Morgan fingerprint density at radius 2 is 0.767 bits per heavy atom. The summed E-state index contributed by atoms with van der Waals surface area (Å²) in [5.41, 5.74) is 13.7. The van der Waals surface area contributed by atoms with Gasteiger partial charge in [0.15, 0.2) is 0 Å². The fraction of sp³-hybridized carbons (Fsp3) is 0.417. The normalized spacial score (nSPS) is 11.1. The molecular formula is C48H66N4O4P2Pd2+2. The largest absolute Gasteiger partial charge is 2.00 e. The Bertz CT molecular complexity index is 1850. The van der Waals surface area contributed by atoms with E-state index in [9.17, 15) is 0 Å². The summed E-state index contributed by atoms with van der Waals surface area (Å²) in [4.78, 5) is 27.4. The van der Waals surface area contributed by atoms with Crippen molar-refractivity contribution < 1.29 is 60.6 Å². The predicted octanol–water partition coefficient (Wildman–Crippen LogP) is 9.95. The van der Waals surface area contributed by atoms with Crippen LogP contribution in [0, 0.1) is 27.7 Å². The molecule has 4 aromatic rings. The minimum Gasteiger partial charge on any atom is -0.654 e. The van der Waals surface area contributed by atoms with E-state index < -0.39 is 27.8 Å². The van der Waals surface area contributed by atoms with E-state index in [1.165, 1.54) is 32.9 Å². The molecule has 0 radical (unpaired) electrons. The molecule has 12 heteroatoms. The number of carboxylic acids is 2. The van der Waals surface area contributed by atoms with Gasteiger partial charge in [0.05, 0.1) is 46.3 Å². The number of carboxylic acid groups (broad SMARTS) is 2. The predicted molar refractivity (Wildman–Crippen MR) is 253 cm³/mol. The van der Waals surface area contributed by atoms with Crippen LogP contribution in [0.5, 0.6) is 0 Å². The van der Waals surface area contributed by atoms with Crippen LogP contribution in [-0.2, 0) is 50.4 Å². The smallest absolute Gasteiger partial charge is 0.654 e. The fourth-order valence-corrected chi connectivity index (χ4v) is 13.8. The SMILES string of the molecule is CC(=O)[O-].CC(=O)[O-].Cc1ccc([N-]c2ccc(C)cc2[PH+](C(C)C)C(C)C)c(C=NCCN=Cc2cc(C)ccc2[N-]c2ccc(C)cc2[PH+](C(C)C)C(C)C)c1.[Pd+2].[Pd+2]. The van der Waals surface area contributed by atoms with Crippen molar-refractivity contribution >= 4 is 73.6 Å². The molecule has 0 saturated heterocycles. The second-order valence-electron chi connectivity index (χ2n) is 16.0. The van der Waals surface area contributed by atoms with E-state index >= 15 is 0 Å². The Hall–Kier alpha value is -3.06. The maximum absolute atomic E-state index is 8.89. The quantitative estimate of drug-likeness (QED) is 0.0508. The van der Waals surface area contributed by atoms with E-state index in [-0.39, 0.29) is 40.8 Å². The molecule has 4 rings (SSSR count). The molecule has 0 saturated carbocycles. The Morgan fingerprint density at radius 1 is 0.517 bits per heavy atom. The van der Waals surface area contributed by atoms with E-state index in [1.807, 2.05) is 12.4 Å². The number of rotatable bonds is 15. The molecule has 330 valence electrons. The van der Waals surface area contributed by atoms with Crippen molar-refractivity contribution in [3.8, 4) is 0 Å². The number of carbonyl (C=O) groups excluding carboxylic acids is 2. The van der Waals surface area contributed by atoms with Crippen molar-refractivity contribution in [3.63, 3.8) is 0 Å². The van der Waals surface area contributed by atoms with Gasteiger partial charge in [0.2, 0.25) is 0 Å². The van der Waals surface area contributed by atoms with Crippen LogP contribution in [0.25, 0.3) is 10.6 Å². The van der Waals surface area contributed by atoms with Gasteiger partial charge >= 0.3 is 40.8 Å². The number of carbonyl (C=O) groups is 2. The van der Waals surface area contributed by atoms with Crippen LogP contribution < -0.4 is 20.8 Å². The average Bonchev–Trinajstić information content (AvgIpc) is 3.09. The third kappa shape index (κ3) is 19.8. The molecule has 0 amide bonds. The second-order valence-corrected chi connectivity index (χ2v) is 23.5. The van der Waals surface area contributed by atoms with Gasteiger partial charge in [-0.05, 0) is 131 Å². The van der Waals surface area contributed by atoms with E-state index in [0.717, 1.165) is 47.7 Å². The maximum Gasteiger partial charge on any atom is 2.00 e. The minimum absolute atomic E-state index is 0. The Kier molecular flexibility index (Phi) is 27.1. The summed E-state index contributed by atoms with van der Waals surface area (Å²) in [5, 5.41) is 31.1. The fourth-order valence-electron chi connectivity index (χ4n) is 6.99. The first-order chi connectivity index (χ1) is 27.2. The van der Waals surface area contributed by atoms with Gasteiger partial charge in [-0.2, -0.15) is 0 Å². The molecular weight excluding hydrogens is 971 g/mol. The van der Waals surface area contributed by atoms with Gasteiger partial charge < -0.3 is 30.4 Å². The molecule has 0 aromatic heterocycles. The van der Waals surface area contributed by atoms with Crippen molar-refractivity contribution in [2.75, 3.05) is 13.1 Å². The van der Waals surface area contributed by atoms with E-state index in [0.29, 0.717) is 35.7 Å². The molecule has 0 atom stereocenters. The summed E-state index contributed by atoms with van der Waals surface area (Å²) >= 11 is 0. The Morgan fingerprint density at radius 3 is 1.03 bits per heavy atom. The van der Waals surface area contributed by atoms with Crippen molar-refractivity contribution in [3.05, 3.63) is 117 Å². The summed E-state index contributed by atoms with van der Waals surface area (Å²) < 4.78 is 0. The molecule has 0 spiro atoms. The van der Waals surface area contributed by atoms with E-state index in [4.69, 9.17) is 40.4 Å². The zero-order valence-electron chi connectivity index (χ0n) is 37.9. The number of aliphatic imine (C=N–C) groups is 2. The summed E-state index contributed by atoms with van der Waals surface area (Å²) in [5.74, 6) is -2.17. The summed E-state index contributed by atoms with van der Waals surface area (Å²) in [7, 11) is -1.57. The number of benzene rings is 4. The molecule has 0 unspecified atom stereocenters. The number of nitrogens with zero attached hydrogens (tertiary/aromatic N) is 4. The van der Waals surface area contributed by atoms with Gasteiger partial charge in [-0.25, -0.2) is 0 Å². The van der Waals surface area contributed by atoms with Gasteiger partial charge in [0.1, 0.15) is 0 Å². The Balaban J connectivity index is 0.00000319. The minimum atomic E-state index is -1.08. The van der Waals surface area contributed by atoms with Crippen molar-refractivity contribution in [2.45, 2.75) is 120 Å². The molecule has 60 heavy (non-hydrogen) atoms. The van der Waals surface area contributed by atoms with Crippen LogP contribution in [-0.4, -0.2) is 60.1 Å². The van der Waals surface area contributed by atoms with Crippen molar-refractivity contribution in [1.29, 1.82) is 0 Å². The first-order valence-electron chi connectivity index (χ1n) is 20.2. The third-order valence-electron chi connectivity index (χ3n) is 9.08. The summed E-state index contributed by atoms with van der Waals surface area (Å²) in [6, 6.07) is 26.4. The van der Waals surface area contributed by atoms with Gasteiger partial charge in [-0.15, -0.1) is 11.4 Å². The molecule has 0 fully saturated rings. The molecule has 0 bridgehead atoms. The molecule has 0 heterocycles. The molecule has 0 aliphatic rings. The van der Waals surface area contributed by atoms with Gasteiger partial charge in [0.25, 0.3) is 0 Å². The summed E-state index contributed by atoms with van der Waals surface area (Å²) in [6.07, 6.45) is 3.95. The van der Waals surface area contributed by atoms with Crippen LogP contribution in [0.3, 0.4) is 0 Å². The molecule has 4 aromatic carbocycles. The molecule has 8 nitrogen and oxygen atoms in total. The zero-order chi connectivity index (χ0) is 43.7. The van der Waals surface area contributed by atoms with Gasteiger partial charge in [-0.1, -0.05) is 83.2 Å². The van der Waals surface area contributed by atoms with Crippen LogP contribution in [0.4, 0.5) is 22.7 Å². The molecule has 0 aliphatic heterocycles. The van der Waals surface area contributed by atoms with E-state index in [1.54, 1.807) is 0 Å². The van der Waals surface area contributed by atoms with Crippen molar-refractivity contribution in [2.24, 2.45) is 9.98 Å². The van der Waals surface area contributed by atoms with Gasteiger partial charge in [0, 0.05) is 40.2 Å². The Labute approximate surface area is 391 Å². The first-order valence-corrected chi connectivity index (χ1v) is 23.5. The topological polar surface area (TPSA) is 133 Å². The van der Waals surface area contributed by atoms with Crippen molar-refractivity contribution in [1.82, 2.24) is 0 Å². The van der Waals surface area contributed by atoms with Crippen LogP contribution in [0.1, 0.15) is 103 Å². The number of hydrogen-bond acceptors (Lipinski definition) is 6. The van der Waals surface area contributed by atoms with Crippen LogP contribution >= 0.6 is 15.8 Å². The van der Waals surface area contributed by atoms with Gasteiger partial charge in [-0.3, -0.25) is 9.98 Å². The molecule has 0 N–H and O–H groups in total. The first kappa shape index (κ1) is 56.9. The monoisotopic (exact) mass is 1040 g/mol. The van der Waals surface area contributed by atoms with Crippen LogP contribution in [0.2, 0.25) is 0 Å². The standard InChI is InChI=1S/C44H58N4P2.2C2H4O2.2Pd/c1-29(2)49(30(3)4)43-25-35(11)15-19-41(43)47-39-17-13-33(9)23-37(39)27-45-21-22-46-28-38-24-34(10)14-18-40(38)48-42-20-16-36(12)26-44(42)50(31(5)6)32(7)8;2*1-2(3)4;;/h13-20,23-32H,21-22H2,1-12H3;2*1H3,(H,3,4);;/q-2;;;2*+2.